The molecule has 0 saturated heterocycles. The van der Waals surface area contributed by atoms with Crippen LogP contribution in [0.25, 0.3) is 0 Å². The van der Waals surface area contributed by atoms with E-state index in [1.165, 1.54) is 24.8 Å². The standard InChI is InChI=1S/C16H24BrNO2/c1-16(2)7-5-6-15(16)18-10-11-8-13(19-3)14(20-4)9-12(11)17/h8-9,15,18H,5-7,10H2,1-4H3. The Labute approximate surface area is 130 Å². The van der Waals surface area contributed by atoms with Gasteiger partial charge in [0.2, 0.25) is 0 Å². The van der Waals surface area contributed by atoms with E-state index in [0.717, 1.165) is 22.5 Å². The first-order valence-electron chi connectivity index (χ1n) is 7.11. The molecule has 0 bridgehead atoms. The molecular formula is C16H24BrNO2. The molecule has 1 aromatic rings. The lowest BCUT2D eigenvalue weighted by molar-refractivity contribution is 0.282. The maximum absolute atomic E-state index is 5.37. The molecule has 0 heterocycles. The Morgan fingerprint density at radius 2 is 1.90 bits per heavy atom. The van der Waals surface area contributed by atoms with Gasteiger partial charge in [-0.3, -0.25) is 0 Å². The monoisotopic (exact) mass is 341 g/mol. The zero-order valence-corrected chi connectivity index (χ0v) is 14.3. The van der Waals surface area contributed by atoms with E-state index < -0.39 is 0 Å². The SMILES string of the molecule is COc1cc(Br)c(CNC2CCCC2(C)C)cc1OC. The van der Waals surface area contributed by atoms with E-state index in [9.17, 15) is 0 Å². The van der Waals surface area contributed by atoms with Crippen LogP contribution in [0.15, 0.2) is 16.6 Å². The molecule has 1 aliphatic carbocycles. The summed E-state index contributed by atoms with van der Waals surface area (Å²) in [5, 5.41) is 3.69. The van der Waals surface area contributed by atoms with Crippen molar-refractivity contribution in [3.05, 3.63) is 22.2 Å². The number of hydrogen-bond donors (Lipinski definition) is 1. The topological polar surface area (TPSA) is 30.5 Å². The van der Waals surface area contributed by atoms with E-state index in [2.05, 4.69) is 35.1 Å². The van der Waals surface area contributed by atoms with Gasteiger partial charge in [-0.2, -0.15) is 0 Å². The molecule has 0 spiro atoms. The lowest BCUT2D eigenvalue weighted by Gasteiger charge is -2.28. The smallest absolute Gasteiger partial charge is 0.161 e. The maximum Gasteiger partial charge on any atom is 0.161 e. The van der Waals surface area contributed by atoms with E-state index in [-0.39, 0.29) is 0 Å². The van der Waals surface area contributed by atoms with Gasteiger partial charge in [0, 0.05) is 17.1 Å². The van der Waals surface area contributed by atoms with E-state index in [1.807, 2.05) is 12.1 Å². The second-order valence-corrected chi connectivity index (χ2v) is 6.97. The third kappa shape index (κ3) is 3.29. The molecule has 0 amide bonds. The molecule has 2 rings (SSSR count). The Morgan fingerprint density at radius 1 is 1.25 bits per heavy atom. The van der Waals surface area contributed by atoms with Gasteiger partial charge >= 0.3 is 0 Å². The Hall–Kier alpha value is -0.740. The van der Waals surface area contributed by atoms with Crippen molar-refractivity contribution in [3.8, 4) is 11.5 Å². The molecule has 1 aromatic carbocycles. The van der Waals surface area contributed by atoms with E-state index >= 15 is 0 Å². The second-order valence-electron chi connectivity index (χ2n) is 6.11. The van der Waals surface area contributed by atoms with E-state index in [1.54, 1.807) is 14.2 Å². The molecule has 0 aromatic heterocycles. The minimum atomic E-state index is 0.392. The number of methoxy groups -OCH3 is 2. The van der Waals surface area contributed by atoms with Crippen LogP contribution < -0.4 is 14.8 Å². The molecular weight excluding hydrogens is 318 g/mol. The zero-order chi connectivity index (χ0) is 14.8. The van der Waals surface area contributed by atoms with Gasteiger partial charge in [0.15, 0.2) is 11.5 Å². The van der Waals surface area contributed by atoms with E-state index in [4.69, 9.17) is 9.47 Å². The molecule has 4 heteroatoms. The van der Waals surface area contributed by atoms with Crippen LogP contribution in [0.5, 0.6) is 11.5 Å². The van der Waals surface area contributed by atoms with Crippen molar-refractivity contribution in [1.82, 2.24) is 5.32 Å². The molecule has 1 atom stereocenters. The fourth-order valence-corrected chi connectivity index (χ4v) is 3.43. The Morgan fingerprint density at radius 3 is 2.45 bits per heavy atom. The second kappa shape index (κ2) is 6.35. The number of benzene rings is 1. The third-order valence-electron chi connectivity index (χ3n) is 4.35. The van der Waals surface area contributed by atoms with Crippen molar-refractivity contribution < 1.29 is 9.47 Å². The number of halogens is 1. The van der Waals surface area contributed by atoms with Crippen LogP contribution in [0.1, 0.15) is 38.7 Å². The summed E-state index contributed by atoms with van der Waals surface area (Å²) in [5.41, 5.74) is 1.59. The summed E-state index contributed by atoms with van der Waals surface area (Å²) in [4.78, 5) is 0. The fraction of sp³-hybridized carbons (Fsp3) is 0.625. The van der Waals surface area contributed by atoms with Crippen molar-refractivity contribution in [1.29, 1.82) is 0 Å². The van der Waals surface area contributed by atoms with Crippen molar-refractivity contribution in [2.24, 2.45) is 5.41 Å². The summed E-state index contributed by atoms with van der Waals surface area (Å²) in [7, 11) is 3.33. The molecule has 1 unspecified atom stereocenters. The normalized spacial score (nSPS) is 20.9. The highest BCUT2D eigenvalue weighted by atomic mass is 79.9. The Kier molecular flexibility index (Phi) is 4.97. The quantitative estimate of drug-likeness (QED) is 0.873. The van der Waals surface area contributed by atoms with Crippen molar-refractivity contribution >= 4 is 15.9 Å². The van der Waals surface area contributed by atoms with Crippen LogP contribution in [0.2, 0.25) is 0 Å². The summed E-state index contributed by atoms with van der Waals surface area (Å²) in [6.45, 7) is 5.54. The van der Waals surface area contributed by atoms with Crippen molar-refractivity contribution in [2.45, 2.75) is 45.7 Å². The molecule has 3 nitrogen and oxygen atoms in total. The molecule has 1 N–H and O–H groups in total. The third-order valence-corrected chi connectivity index (χ3v) is 5.09. The van der Waals surface area contributed by atoms with Gasteiger partial charge in [0.25, 0.3) is 0 Å². The van der Waals surface area contributed by atoms with Gasteiger partial charge in [0.05, 0.1) is 14.2 Å². The summed E-state index contributed by atoms with van der Waals surface area (Å²) in [6.07, 6.45) is 3.88. The molecule has 0 aliphatic heterocycles. The largest absolute Gasteiger partial charge is 0.493 e. The summed E-state index contributed by atoms with van der Waals surface area (Å²) < 4.78 is 11.7. The average molecular weight is 342 g/mol. The minimum Gasteiger partial charge on any atom is -0.493 e. The Bertz CT molecular complexity index is 474. The minimum absolute atomic E-state index is 0.392. The Balaban J connectivity index is 2.09. The molecule has 0 radical (unpaired) electrons. The predicted molar refractivity (Wildman–Crippen MR) is 85.5 cm³/mol. The molecule has 1 fully saturated rings. The predicted octanol–water partition coefficient (Wildman–Crippen LogP) is 4.13. The highest BCUT2D eigenvalue weighted by Crippen LogP contribution is 2.38. The first kappa shape index (κ1) is 15.6. The average Bonchev–Trinajstić information content (AvgIpc) is 2.76. The van der Waals surface area contributed by atoms with Gasteiger partial charge in [-0.25, -0.2) is 0 Å². The first-order valence-corrected chi connectivity index (χ1v) is 7.91. The molecule has 1 aliphatic rings. The lowest BCUT2D eigenvalue weighted by Crippen LogP contribution is -2.37. The van der Waals surface area contributed by atoms with Crippen LogP contribution in [-0.2, 0) is 6.54 Å². The number of nitrogens with one attached hydrogen (secondary N) is 1. The fourth-order valence-electron chi connectivity index (χ4n) is 2.97. The zero-order valence-electron chi connectivity index (χ0n) is 12.8. The summed E-state index contributed by atoms with van der Waals surface area (Å²) in [5.74, 6) is 1.53. The maximum atomic E-state index is 5.37. The molecule has 20 heavy (non-hydrogen) atoms. The number of hydrogen-bond acceptors (Lipinski definition) is 3. The molecule has 1 saturated carbocycles. The first-order chi connectivity index (χ1) is 9.47. The van der Waals surface area contributed by atoms with Crippen LogP contribution in [0.4, 0.5) is 0 Å². The van der Waals surface area contributed by atoms with Crippen LogP contribution in [0, 0.1) is 5.41 Å². The van der Waals surface area contributed by atoms with Crippen LogP contribution in [-0.4, -0.2) is 20.3 Å². The number of ether oxygens (including phenoxy) is 2. The lowest BCUT2D eigenvalue weighted by atomic mass is 9.87. The molecule has 112 valence electrons. The van der Waals surface area contributed by atoms with Crippen LogP contribution >= 0.6 is 15.9 Å². The van der Waals surface area contributed by atoms with Crippen molar-refractivity contribution in [3.63, 3.8) is 0 Å². The summed E-state index contributed by atoms with van der Waals surface area (Å²) in [6, 6.07) is 4.59. The highest BCUT2D eigenvalue weighted by Gasteiger charge is 2.33. The van der Waals surface area contributed by atoms with Gasteiger partial charge in [-0.1, -0.05) is 36.2 Å². The van der Waals surface area contributed by atoms with Gasteiger partial charge in [-0.05, 0) is 36.0 Å². The van der Waals surface area contributed by atoms with Crippen molar-refractivity contribution in [2.75, 3.05) is 14.2 Å². The van der Waals surface area contributed by atoms with Crippen LogP contribution in [0.3, 0.4) is 0 Å². The highest BCUT2D eigenvalue weighted by molar-refractivity contribution is 9.10. The van der Waals surface area contributed by atoms with E-state index in [0.29, 0.717) is 11.5 Å². The number of rotatable bonds is 5. The van der Waals surface area contributed by atoms with Gasteiger partial charge < -0.3 is 14.8 Å². The van der Waals surface area contributed by atoms with Gasteiger partial charge in [-0.15, -0.1) is 0 Å². The van der Waals surface area contributed by atoms with Gasteiger partial charge in [0.1, 0.15) is 0 Å². The summed E-state index contributed by atoms with van der Waals surface area (Å²) >= 11 is 3.61.